The minimum atomic E-state index is -0.350. The second kappa shape index (κ2) is 4.93. The summed E-state index contributed by atoms with van der Waals surface area (Å²) in [4.78, 5) is 23.9. The summed E-state index contributed by atoms with van der Waals surface area (Å²) >= 11 is 0. The van der Waals surface area contributed by atoms with Crippen molar-refractivity contribution in [3.8, 4) is 0 Å². The number of benzene rings is 1. The van der Waals surface area contributed by atoms with Crippen LogP contribution < -0.4 is 11.1 Å². The lowest BCUT2D eigenvalue weighted by Crippen LogP contribution is -2.14. The number of carbonyl (C=O) groups excluding carboxylic acids is 1. The summed E-state index contributed by atoms with van der Waals surface area (Å²) in [5.41, 5.74) is 6.63. The van der Waals surface area contributed by atoms with E-state index in [0.29, 0.717) is 11.5 Å². The van der Waals surface area contributed by atoms with E-state index in [1.165, 1.54) is 18.7 Å². The second-order valence-corrected chi connectivity index (χ2v) is 4.20. The number of nitrogens with two attached hydrogens (primary N) is 1. The highest BCUT2D eigenvalue weighted by Gasteiger charge is 2.11. The van der Waals surface area contributed by atoms with Gasteiger partial charge in [0.1, 0.15) is 17.8 Å². The summed E-state index contributed by atoms with van der Waals surface area (Å²) in [5, 5.41) is 4.36. The van der Waals surface area contributed by atoms with E-state index in [4.69, 9.17) is 5.73 Å². The number of nitrogens with zero attached hydrogens (tertiary/aromatic N) is 3. The average Bonchev–Trinajstić information content (AvgIpc) is 2.48. The van der Waals surface area contributed by atoms with Gasteiger partial charge < -0.3 is 11.1 Å². The van der Waals surface area contributed by atoms with E-state index in [1.807, 2.05) is 24.3 Å². The van der Waals surface area contributed by atoms with Crippen molar-refractivity contribution in [3.63, 3.8) is 0 Å². The largest absolute Gasteiger partial charge is 0.383 e. The molecule has 1 amide bonds. The molecule has 0 fully saturated rings. The number of rotatable bonds is 2. The molecule has 0 radical (unpaired) electrons. The van der Waals surface area contributed by atoms with Crippen LogP contribution in [0.25, 0.3) is 10.8 Å². The van der Waals surface area contributed by atoms with E-state index in [9.17, 15) is 4.79 Å². The summed E-state index contributed by atoms with van der Waals surface area (Å²) in [6, 6.07) is 9.21. The van der Waals surface area contributed by atoms with Crippen LogP contribution in [0.15, 0.2) is 49.1 Å². The van der Waals surface area contributed by atoms with Crippen LogP contribution in [0.3, 0.4) is 0 Å². The van der Waals surface area contributed by atoms with Gasteiger partial charge in [-0.2, -0.15) is 0 Å². The lowest BCUT2D eigenvalue weighted by Gasteiger charge is -2.06. The summed E-state index contributed by atoms with van der Waals surface area (Å²) in [7, 11) is 0. The Hall–Kier alpha value is -3.02. The molecule has 6 nitrogen and oxygen atoms in total. The highest BCUT2D eigenvalue weighted by molar-refractivity contribution is 6.06. The minimum Gasteiger partial charge on any atom is -0.383 e. The van der Waals surface area contributed by atoms with Crippen molar-refractivity contribution >= 4 is 28.2 Å². The average molecular weight is 265 g/mol. The first-order valence-electron chi connectivity index (χ1n) is 5.95. The summed E-state index contributed by atoms with van der Waals surface area (Å²) < 4.78 is 0. The number of aromatic nitrogens is 3. The van der Waals surface area contributed by atoms with Gasteiger partial charge >= 0.3 is 0 Å². The maximum absolute atomic E-state index is 12.1. The Balaban J connectivity index is 1.96. The van der Waals surface area contributed by atoms with Crippen LogP contribution in [0.1, 0.15) is 10.5 Å². The summed E-state index contributed by atoms with van der Waals surface area (Å²) in [5.74, 6) is -0.0187. The second-order valence-electron chi connectivity index (χ2n) is 4.20. The lowest BCUT2D eigenvalue weighted by molar-refractivity contribution is 0.102. The van der Waals surface area contributed by atoms with Crippen molar-refractivity contribution < 1.29 is 4.79 Å². The normalized spacial score (nSPS) is 10.4. The van der Waals surface area contributed by atoms with Gasteiger partial charge in [0.15, 0.2) is 0 Å². The Morgan fingerprint density at radius 1 is 1.15 bits per heavy atom. The highest BCUT2D eigenvalue weighted by Crippen LogP contribution is 2.20. The van der Waals surface area contributed by atoms with Gasteiger partial charge in [0.25, 0.3) is 5.91 Å². The Labute approximate surface area is 114 Å². The van der Waals surface area contributed by atoms with Crippen molar-refractivity contribution in [3.05, 3.63) is 54.7 Å². The number of carbonyl (C=O) groups is 1. The molecule has 0 spiro atoms. The number of pyridine rings is 1. The van der Waals surface area contributed by atoms with E-state index in [0.717, 1.165) is 10.8 Å². The Kier molecular flexibility index (Phi) is 2.96. The molecule has 0 saturated carbocycles. The van der Waals surface area contributed by atoms with Crippen LogP contribution in [0.2, 0.25) is 0 Å². The SMILES string of the molecule is Nc1nc(C(=O)Nc2cncnc2)cc2ccccc12. The number of fused-ring (bicyclic) bond motifs is 1. The third-order valence-electron chi connectivity index (χ3n) is 2.82. The third kappa shape index (κ3) is 2.26. The van der Waals surface area contributed by atoms with Gasteiger partial charge in [-0.15, -0.1) is 0 Å². The molecule has 3 aromatic rings. The zero-order chi connectivity index (χ0) is 13.9. The number of anilines is 2. The monoisotopic (exact) mass is 265 g/mol. The molecular weight excluding hydrogens is 254 g/mol. The Morgan fingerprint density at radius 2 is 1.90 bits per heavy atom. The van der Waals surface area contributed by atoms with Crippen LogP contribution in [0.5, 0.6) is 0 Å². The third-order valence-corrected chi connectivity index (χ3v) is 2.82. The molecule has 3 rings (SSSR count). The van der Waals surface area contributed by atoms with Crippen LogP contribution in [-0.2, 0) is 0 Å². The maximum Gasteiger partial charge on any atom is 0.274 e. The van der Waals surface area contributed by atoms with E-state index in [-0.39, 0.29) is 11.6 Å². The quantitative estimate of drug-likeness (QED) is 0.737. The molecule has 3 N–H and O–H groups in total. The number of hydrogen-bond donors (Lipinski definition) is 2. The van der Waals surface area contributed by atoms with Gasteiger partial charge in [0.05, 0.1) is 18.1 Å². The molecule has 0 atom stereocenters. The predicted octanol–water partition coefficient (Wildman–Crippen LogP) is 1.86. The first-order chi connectivity index (χ1) is 9.74. The maximum atomic E-state index is 12.1. The Morgan fingerprint density at radius 3 is 2.70 bits per heavy atom. The highest BCUT2D eigenvalue weighted by atomic mass is 16.1. The van der Waals surface area contributed by atoms with Crippen LogP contribution in [0.4, 0.5) is 11.5 Å². The van der Waals surface area contributed by atoms with Crippen LogP contribution in [-0.4, -0.2) is 20.9 Å². The van der Waals surface area contributed by atoms with Crippen molar-refractivity contribution in [2.75, 3.05) is 11.1 Å². The lowest BCUT2D eigenvalue weighted by atomic mass is 10.1. The fourth-order valence-corrected chi connectivity index (χ4v) is 1.90. The standard InChI is InChI=1S/C14H11N5O/c15-13-11-4-2-1-3-9(11)5-12(19-13)14(20)18-10-6-16-8-17-7-10/h1-8H,(H2,15,19)(H,18,20). The van der Waals surface area contributed by atoms with Gasteiger partial charge in [0.2, 0.25) is 0 Å². The molecule has 0 aliphatic carbocycles. The first kappa shape index (κ1) is 12.0. The van der Waals surface area contributed by atoms with Gasteiger partial charge in [-0.05, 0) is 11.5 Å². The molecule has 0 bridgehead atoms. The van der Waals surface area contributed by atoms with Crippen LogP contribution in [0, 0.1) is 0 Å². The van der Waals surface area contributed by atoms with E-state index in [1.54, 1.807) is 6.07 Å². The van der Waals surface area contributed by atoms with Gasteiger partial charge in [-0.25, -0.2) is 15.0 Å². The van der Waals surface area contributed by atoms with Crippen molar-refractivity contribution in [2.24, 2.45) is 0 Å². The van der Waals surface area contributed by atoms with Crippen molar-refractivity contribution in [1.82, 2.24) is 15.0 Å². The van der Waals surface area contributed by atoms with E-state index < -0.39 is 0 Å². The molecule has 98 valence electrons. The smallest absolute Gasteiger partial charge is 0.274 e. The van der Waals surface area contributed by atoms with Crippen molar-refractivity contribution in [2.45, 2.75) is 0 Å². The molecule has 2 aromatic heterocycles. The molecular formula is C14H11N5O. The molecule has 0 saturated heterocycles. The number of nitrogen functional groups attached to an aromatic ring is 1. The number of nitrogens with one attached hydrogen (secondary N) is 1. The topological polar surface area (TPSA) is 93.8 Å². The molecule has 6 heteroatoms. The van der Waals surface area contributed by atoms with Gasteiger partial charge in [0, 0.05) is 5.39 Å². The Bertz CT molecular complexity index is 773. The zero-order valence-electron chi connectivity index (χ0n) is 10.4. The minimum absolute atomic E-state index is 0.255. The van der Waals surface area contributed by atoms with Gasteiger partial charge in [-0.3, -0.25) is 4.79 Å². The predicted molar refractivity (Wildman–Crippen MR) is 76.1 cm³/mol. The molecule has 0 aliphatic heterocycles. The number of hydrogen-bond acceptors (Lipinski definition) is 5. The van der Waals surface area contributed by atoms with E-state index in [2.05, 4.69) is 20.3 Å². The molecule has 0 aliphatic rings. The fraction of sp³-hybridized carbons (Fsp3) is 0. The molecule has 2 heterocycles. The number of amides is 1. The van der Waals surface area contributed by atoms with Gasteiger partial charge in [-0.1, -0.05) is 24.3 Å². The fourth-order valence-electron chi connectivity index (χ4n) is 1.90. The molecule has 0 unspecified atom stereocenters. The van der Waals surface area contributed by atoms with Crippen LogP contribution >= 0.6 is 0 Å². The molecule has 20 heavy (non-hydrogen) atoms. The zero-order valence-corrected chi connectivity index (χ0v) is 10.4. The molecule has 1 aromatic carbocycles. The first-order valence-corrected chi connectivity index (χ1v) is 5.95. The summed E-state index contributed by atoms with van der Waals surface area (Å²) in [6.07, 6.45) is 4.41. The summed E-state index contributed by atoms with van der Waals surface area (Å²) in [6.45, 7) is 0. The van der Waals surface area contributed by atoms with Crippen molar-refractivity contribution in [1.29, 1.82) is 0 Å². The van der Waals surface area contributed by atoms with E-state index >= 15 is 0 Å².